The Morgan fingerprint density at radius 1 is 1.29 bits per heavy atom. The maximum absolute atomic E-state index is 5.60. The van der Waals surface area contributed by atoms with Crippen LogP contribution >= 0.6 is 0 Å². The second-order valence-corrected chi connectivity index (χ2v) is 3.76. The molecular weight excluding hydrogens is 176 g/mol. The number of hydrogen-bond acceptors (Lipinski definition) is 2. The van der Waals surface area contributed by atoms with Crippen molar-refractivity contribution < 1.29 is 9.15 Å². The Bertz CT molecular complexity index is 482. The van der Waals surface area contributed by atoms with E-state index in [4.69, 9.17) is 9.15 Å². The van der Waals surface area contributed by atoms with E-state index in [9.17, 15) is 0 Å². The van der Waals surface area contributed by atoms with Gasteiger partial charge in [0.05, 0.1) is 6.61 Å². The molecule has 2 aromatic rings. The minimum atomic E-state index is 0.843. The molecule has 2 heterocycles. The van der Waals surface area contributed by atoms with E-state index in [0.717, 1.165) is 36.5 Å². The van der Waals surface area contributed by atoms with E-state index in [-0.39, 0.29) is 0 Å². The lowest BCUT2D eigenvalue weighted by Gasteiger charge is -2.17. The molecule has 0 saturated heterocycles. The number of furan rings is 1. The summed E-state index contributed by atoms with van der Waals surface area (Å²) < 4.78 is 11.2. The highest BCUT2D eigenvalue weighted by atomic mass is 16.5. The minimum Gasteiger partial charge on any atom is -0.493 e. The van der Waals surface area contributed by atoms with Crippen molar-refractivity contribution in [2.45, 2.75) is 19.8 Å². The number of benzene rings is 1. The van der Waals surface area contributed by atoms with E-state index >= 15 is 0 Å². The van der Waals surface area contributed by atoms with Gasteiger partial charge in [0.1, 0.15) is 17.1 Å². The number of fused-ring (bicyclic) bond motifs is 3. The molecule has 1 aromatic heterocycles. The van der Waals surface area contributed by atoms with Crippen molar-refractivity contribution in [3.63, 3.8) is 0 Å². The molecule has 0 N–H and O–H groups in total. The molecule has 0 aliphatic carbocycles. The Balaban J connectivity index is 2.33. The molecule has 1 aliphatic heterocycles. The molecule has 2 heteroatoms. The Hall–Kier alpha value is -1.44. The first-order chi connectivity index (χ1) is 6.84. The van der Waals surface area contributed by atoms with Crippen LogP contribution in [0.2, 0.25) is 0 Å². The van der Waals surface area contributed by atoms with Gasteiger partial charge in [-0.3, -0.25) is 0 Å². The van der Waals surface area contributed by atoms with Crippen molar-refractivity contribution in [3.8, 4) is 5.75 Å². The summed E-state index contributed by atoms with van der Waals surface area (Å²) in [6.07, 6.45) is 2.21. The Kier molecular flexibility index (Phi) is 1.57. The lowest BCUT2D eigenvalue weighted by Crippen LogP contribution is -2.08. The number of ether oxygens (including phenoxy) is 1. The third-order valence-electron chi connectivity index (χ3n) is 2.72. The zero-order valence-electron chi connectivity index (χ0n) is 8.17. The summed E-state index contributed by atoms with van der Waals surface area (Å²) in [5.41, 5.74) is 2.29. The maximum Gasteiger partial charge on any atom is 0.134 e. The number of aryl methyl sites for hydroxylation is 2. The molecule has 3 rings (SSSR count). The normalized spacial score (nSPS) is 15.2. The summed E-state index contributed by atoms with van der Waals surface area (Å²) >= 11 is 0. The van der Waals surface area contributed by atoms with Gasteiger partial charge in [-0.25, -0.2) is 0 Å². The Morgan fingerprint density at radius 3 is 3.14 bits per heavy atom. The Labute approximate surface area is 82.5 Å². The van der Waals surface area contributed by atoms with Crippen LogP contribution in [0.4, 0.5) is 0 Å². The van der Waals surface area contributed by atoms with Gasteiger partial charge in [0.25, 0.3) is 0 Å². The van der Waals surface area contributed by atoms with Crippen molar-refractivity contribution in [2.24, 2.45) is 0 Å². The molecule has 2 nitrogen and oxygen atoms in total. The quantitative estimate of drug-likeness (QED) is 0.634. The fraction of sp³-hybridized carbons (Fsp3) is 0.333. The van der Waals surface area contributed by atoms with Crippen LogP contribution in [-0.2, 0) is 6.42 Å². The topological polar surface area (TPSA) is 22.4 Å². The monoisotopic (exact) mass is 188 g/mol. The van der Waals surface area contributed by atoms with E-state index < -0.39 is 0 Å². The first kappa shape index (κ1) is 7.92. The fourth-order valence-electron chi connectivity index (χ4n) is 2.10. The van der Waals surface area contributed by atoms with E-state index in [2.05, 4.69) is 6.07 Å². The zero-order valence-corrected chi connectivity index (χ0v) is 8.17. The average Bonchev–Trinajstić information content (AvgIpc) is 2.59. The second-order valence-electron chi connectivity index (χ2n) is 3.76. The summed E-state index contributed by atoms with van der Waals surface area (Å²) in [7, 11) is 0. The van der Waals surface area contributed by atoms with Gasteiger partial charge in [0.2, 0.25) is 0 Å². The fourth-order valence-corrected chi connectivity index (χ4v) is 2.10. The largest absolute Gasteiger partial charge is 0.493 e. The molecule has 0 spiro atoms. The van der Waals surface area contributed by atoms with Gasteiger partial charge < -0.3 is 9.15 Å². The van der Waals surface area contributed by atoms with Gasteiger partial charge in [-0.2, -0.15) is 0 Å². The predicted molar refractivity (Wildman–Crippen MR) is 54.8 cm³/mol. The van der Waals surface area contributed by atoms with E-state index in [1.807, 2.05) is 19.1 Å². The average molecular weight is 188 g/mol. The van der Waals surface area contributed by atoms with Gasteiger partial charge in [-0.05, 0) is 38.0 Å². The van der Waals surface area contributed by atoms with Crippen molar-refractivity contribution in [1.29, 1.82) is 0 Å². The lowest BCUT2D eigenvalue weighted by molar-refractivity contribution is 0.289. The van der Waals surface area contributed by atoms with Gasteiger partial charge in [0, 0.05) is 10.9 Å². The van der Waals surface area contributed by atoms with E-state index in [1.54, 1.807) is 0 Å². The minimum absolute atomic E-state index is 0.843. The third-order valence-corrected chi connectivity index (χ3v) is 2.72. The van der Waals surface area contributed by atoms with Crippen LogP contribution in [0.1, 0.15) is 17.7 Å². The molecule has 72 valence electrons. The zero-order chi connectivity index (χ0) is 9.54. The van der Waals surface area contributed by atoms with Crippen LogP contribution in [0.25, 0.3) is 11.0 Å². The van der Waals surface area contributed by atoms with Crippen LogP contribution in [-0.4, -0.2) is 6.61 Å². The van der Waals surface area contributed by atoms with Crippen molar-refractivity contribution >= 4 is 11.0 Å². The molecule has 0 saturated carbocycles. The molecule has 14 heavy (non-hydrogen) atoms. The first-order valence-electron chi connectivity index (χ1n) is 4.99. The maximum atomic E-state index is 5.60. The molecule has 0 atom stereocenters. The van der Waals surface area contributed by atoms with E-state index in [1.165, 1.54) is 10.9 Å². The van der Waals surface area contributed by atoms with Gasteiger partial charge in [0.15, 0.2) is 0 Å². The van der Waals surface area contributed by atoms with Crippen molar-refractivity contribution in [1.82, 2.24) is 0 Å². The second kappa shape index (κ2) is 2.77. The predicted octanol–water partition coefficient (Wildman–Crippen LogP) is 3.07. The standard InChI is InChI=1S/C12H12O2/c1-8-7-10-9-3-2-6-13-11(9)4-5-12(10)14-8/h4-5,7H,2-3,6H2,1H3. The molecule has 0 amide bonds. The molecule has 0 radical (unpaired) electrons. The first-order valence-corrected chi connectivity index (χ1v) is 4.99. The molecular formula is C12H12O2. The van der Waals surface area contributed by atoms with Gasteiger partial charge >= 0.3 is 0 Å². The van der Waals surface area contributed by atoms with Gasteiger partial charge in [-0.15, -0.1) is 0 Å². The van der Waals surface area contributed by atoms with Crippen LogP contribution in [0, 0.1) is 6.92 Å². The summed E-state index contributed by atoms with van der Waals surface area (Å²) in [4.78, 5) is 0. The highest BCUT2D eigenvalue weighted by molar-refractivity contribution is 5.84. The molecule has 0 unspecified atom stereocenters. The summed E-state index contributed by atoms with van der Waals surface area (Å²) in [5.74, 6) is 2.00. The third kappa shape index (κ3) is 1.03. The Morgan fingerprint density at radius 2 is 2.21 bits per heavy atom. The van der Waals surface area contributed by atoms with E-state index in [0.29, 0.717) is 0 Å². The number of rotatable bonds is 0. The van der Waals surface area contributed by atoms with Crippen LogP contribution in [0.5, 0.6) is 5.75 Å². The summed E-state index contributed by atoms with van der Waals surface area (Å²) in [6, 6.07) is 6.11. The van der Waals surface area contributed by atoms with Crippen molar-refractivity contribution in [2.75, 3.05) is 6.61 Å². The smallest absolute Gasteiger partial charge is 0.134 e. The van der Waals surface area contributed by atoms with Crippen LogP contribution < -0.4 is 4.74 Å². The summed E-state index contributed by atoms with van der Waals surface area (Å²) in [6.45, 7) is 2.82. The molecule has 1 aromatic carbocycles. The SMILES string of the molecule is Cc1cc2c3c(ccc2o1)OCCC3. The van der Waals surface area contributed by atoms with Crippen molar-refractivity contribution in [3.05, 3.63) is 29.5 Å². The van der Waals surface area contributed by atoms with Crippen LogP contribution in [0.3, 0.4) is 0 Å². The molecule has 0 fully saturated rings. The number of hydrogen-bond donors (Lipinski definition) is 0. The molecule has 0 bridgehead atoms. The van der Waals surface area contributed by atoms with Crippen LogP contribution in [0.15, 0.2) is 22.6 Å². The highest BCUT2D eigenvalue weighted by Gasteiger charge is 2.15. The summed E-state index contributed by atoms with van der Waals surface area (Å²) in [5, 5.41) is 1.22. The lowest BCUT2D eigenvalue weighted by atomic mass is 10.0. The molecule has 1 aliphatic rings. The highest BCUT2D eigenvalue weighted by Crippen LogP contribution is 2.33. The van der Waals surface area contributed by atoms with Gasteiger partial charge in [-0.1, -0.05) is 0 Å².